The summed E-state index contributed by atoms with van der Waals surface area (Å²) in [6.45, 7) is 0.982. The molecule has 3 aromatic rings. The second kappa shape index (κ2) is 10.3. The topological polar surface area (TPSA) is 116 Å². The Balaban J connectivity index is 1.43. The molecule has 0 saturated carbocycles. The predicted molar refractivity (Wildman–Crippen MR) is 138 cm³/mol. The first kappa shape index (κ1) is 24.3. The van der Waals surface area contributed by atoms with Crippen LogP contribution >= 0.6 is 0 Å². The van der Waals surface area contributed by atoms with E-state index in [1.165, 1.54) is 4.90 Å². The summed E-state index contributed by atoms with van der Waals surface area (Å²) in [6, 6.07) is 22.0. The predicted octanol–water partition coefficient (Wildman–Crippen LogP) is 2.20. The van der Waals surface area contributed by atoms with E-state index in [9.17, 15) is 19.2 Å². The van der Waals surface area contributed by atoms with Gasteiger partial charge in [-0.2, -0.15) is 0 Å². The molecule has 2 aliphatic rings. The van der Waals surface area contributed by atoms with Gasteiger partial charge in [0, 0.05) is 26.1 Å². The summed E-state index contributed by atoms with van der Waals surface area (Å²) in [7, 11) is 0. The third-order valence-corrected chi connectivity index (χ3v) is 7.03. The maximum Gasteiger partial charge on any atom is 0.319 e. The number of nitrogens with two attached hydrogens (primary N) is 1. The molecule has 2 saturated heterocycles. The van der Waals surface area contributed by atoms with Gasteiger partial charge in [0.1, 0.15) is 12.2 Å². The molecule has 2 heterocycles. The van der Waals surface area contributed by atoms with Gasteiger partial charge in [-0.3, -0.25) is 14.4 Å². The van der Waals surface area contributed by atoms with E-state index in [1.807, 2.05) is 72.8 Å². The molecular formula is C28H29N5O4. The van der Waals surface area contributed by atoms with Gasteiger partial charge in [-0.1, -0.05) is 72.8 Å². The monoisotopic (exact) mass is 499 g/mol. The van der Waals surface area contributed by atoms with Crippen molar-refractivity contribution in [2.45, 2.75) is 38.1 Å². The molecule has 5 amide bonds. The zero-order valence-corrected chi connectivity index (χ0v) is 20.4. The zero-order valence-electron chi connectivity index (χ0n) is 20.4. The van der Waals surface area contributed by atoms with Crippen molar-refractivity contribution in [3.63, 3.8) is 0 Å². The molecule has 9 heteroatoms. The lowest BCUT2D eigenvalue weighted by molar-refractivity contribution is -0.168. The van der Waals surface area contributed by atoms with Crippen molar-refractivity contribution in [1.29, 1.82) is 0 Å². The van der Waals surface area contributed by atoms with Crippen LogP contribution in [0.1, 0.15) is 24.0 Å². The molecule has 2 atom stereocenters. The Hall–Kier alpha value is -4.40. The van der Waals surface area contributed by atoms with Gasteiger partial charge in [0.25, 0.3) is 0 Å². The maximum absolute atomic E-state index is 13.6. The Labute approximate surface area is 214 Å². The molecule has 0 aliphatic carbocycles. The van der Waals surface area contributed by atoms with Crippen LogP contribution in [0.3, 0.4) is 0 Å². The van der Waals surface area contributed by atoms with Gasteiger partial charge in [-0.25, -0.2) is 4.79 Å². The molecule has 3 N–H and O–H groups in total. The van der Waals surface area contributed by atoms with Gasteiger partial charge >= 0.3 is 6.03 Å². The fourth-order valence-electron chi connectivity index (χ4n) is 5.26. The van der Waals surface area contributed by atoms with E-state index in [4.69, 9.17) is 5.73 Å². The second-order valence-electron chi connectivity index (χ2n) is 9.41. The average Bonchev–Trinajstić information content (AvgIpc) is 2.90. The number of rotatable bonds is 6. The van der Waals surface area contributed by atoms with Crippen molar-refractivity contribution in [2.24, 2.45) is 5.73 Å². The van der Waals surface area contributed by atoms with Crippen molar-refractivity contribution in [2.75, 3.05) is 13.1 Å². The van der Waals surface area contributed by atoms with E-state index in [1.54, 1.807) is 9.80 Å². The van der Waals surface area contributed by atoms with Crippen LogP contribution in [0.4, 0.5) is 4.79 Å². The van der Waals surface area contributed by atoms with Crippen LogP contribution in [-0.2, 0) is 27.5 Å². The fourth-order valence-corrected chi connectivity index (χ4v) is 5.26. The van der Waals surface area contributed by atoms with Gasteiger partial charge < -0.3 is 25.8 Å². The van der Waals surface area contributed by atoms with E-state index in [0.29, 0.717) is 6.54 Å². The minimum atomic E-state index is -1.05. The van der Waals surface area contributed by atoms with E-state index in [0.717, 1.165) is 21.9 Å². The van der Waals surface area contributed by atoms with E-state index in [2.05, 4.69) is 5.32 Å². The third-order valence-electron chi connectivity index (χ3n) is 7.03. The summed E-state index contributed by atoms with van der Waals surface area (Å²) in [5.74, 6) is -1.29. The highest BCUT2D eigenvalue weighted by Gasteiger charge is 2.49. The van der Waals surface area contributed by atoms with Crippen molar-refractivity contribution < 1.29 is 19.2 Å². The number of carbonyl (C=O) groups excluding carboxylic acids is 4. The molecule has 37 heavy (non-hydrogen) atoms. The number of primary amides is 1. The molecule has 0 radical (unpaired) electrons. The average molecular weight is 500 g/mol. The first-order valence-corrected chi connectivity index (χ1v) is 12.4. The smallest absolute Gasteiger partial charge is 0.319 e. The molecule has 5 rings (SSSR count). The first-order chi connectivity index (χ1) is 17.9. The van der Waals surface area contributed by atoms with Gasteiger partial charge in [-0.05, 0) is 21.9 Å². The number of nitrogens with one attached hydrogen (secondary N) is 1. The van der Waals surface area contributed by atoms with E-state index < -0.39 is 18.1 Å². The molecule has 0 spiro atoms. The van der Waals surface area contributed by atoms with Crippen LogP contribution in [0.15, 0.2) is 72.8 Å². The largest absolute Gasteiger partial charge is 0.370 e. The number of fused-ring (bicyclic) bond motifs is 2. The summed E-state index contributed by atoms with van der Waals surface area (Å²) in [4.78, 5) is 56.4. The summed E-state index contributed by atoms with van der Waals surface area (Å²) in [6.07, 6.45) is -0.928. The number of carbonyl (C=O) groups is 4. The van der Waals surface area contributed by atoms with Crippen molar-refractivity contribution in [3.05, 3.63) is 83.9 Å². The molecule has 190 valence electrons. The molecule has 0 bridgehead atoms. The number of piperazine rings is 1. The molecule has 0 unspecified atom stereocenters. The fraction of sp³-hybridized carbons (Fsp3) is 0.286. The Morgan fingerprint density at radius 3 is 2.46 bits per heavy atom. The molecule has 2 fully saturated rings. The van der Waals surface area contributed by atoms with Crippen LogP contribution in [0.5, 0.6) is 0 Å². The van der Waals surface area contributed by atoms with Crippen LogP contribution in [0, 0.1) is 0 Å². The lowest BCUT2D eigenvalue weighted by atomic mass is 9.99. The first-order valence-electron chi connectivity index (χ1n) is 12.4. The van der Waals surface area contributed by atoms with Crippen molar-refractivity contribution >= 4 is 34.5 Å². The van der Waals surface area contributed by atoms with Crippen molar-refractivity contribution in [3.8, 4) is 0 Å². The van der Waals surface area contributed by atoms with Crippen LogP contribution in [0.2, 0.25) is 0 Å². The standard InChI is InChI=1S/C28H29N5O4/c29-24(34)15-23-27(36)31(17-21-11-6-10-20-9-4-5-12-22(20)21)18-25-32(14-13-26(35)33(23)25)28(37)30-16-19-7-2-1-3-8-19/h1-12,23,25H,13-18H2,(H2,29,34)(H,30,37)/t23-,25+/m0/s1. The Morgan fingerprint density at radius 2 is 1.68 bits per heavy atom. The quantitative estimate of drug-likeness (QED) is 0.541. The zero-order chi connectivity index (χ0) is 25.9. The molecular weight excluding hydrogens is 470 g/mol. The van der Waals surface area contributed by atoms with E-state index >= 15 is 0 Å². The van der Waals surface area contributed by atoms with Crippen LogP contribution in [0.25, 0.3) is 10.8 Å². The minimum absolute atomic E-state index is 0.0706. The number of amides is 5. The van der Waals surface area contributed by atoms with E-state index in [-0.39, 0.29) is 50.3 Å². The highest BCUT2D eigenvalue weighted by atomic mass is 16.2. The Bertz CT molecular complexity index is 1340. The van der Waals surface area contributed by atoms with Gasteiger partial charge in [0.05, 0.1) is 13.0 Å². The molecule has 2 aliphatic heterocycles. The van der Waals surface area contributed by atoms with Crippen LogP contribution < -0.4 is 11.1 Å². The SMILES string of the molecule is NC(=O)C[C@H]1C(=O)N(Cc2cccc3ccccc23)C[C@@H]2N(C(=O)NCc3ccccc3)CCC(=O)N21. The summed E-state index contributed by atoms with van der Waals surface area (Å²) in [5.41, 5.74) is 7.38. The number of hydrogen-bond donors (Lipinski definition) is 2. The Morgan fingerprint density at radius 1 is 0.946 bits per heavy atom. The second-order valence-corrected chi connectivity index (χ2v) is 9.41. The highest BCUT2D eigenvalue weighted by Crippen LogP contribution is 2.29. The van der Waals surface area contributed by atoms with Crippen LogP contribution in [-0.4, -0.2) is 63.7 Å². The Kier molecular flexibility index (Phi) is 6.76. The number of nitrogens with zero attached hydrogens (tertiary/aromatic N) is 3. The van der Waals surface area contributed by atoms with Gasteiger partial charge in [0.2, 0.25) is 17.7 Å². The van der Waals surface area contributed by atoms with Gasteiger partial charge in [0.15, 0.2) is 0 Å². The maximum atomic E-state index is 13.6. The number of benzene rings is 3. The third kappa shape index (κ3) is 4.97. The minimum Gasteiger partial charge on any atom is -0.370 e. The normalized spacial score (nSPS) is 19.6. The van der Waals surface area contributed by atoms with Crippen molar-refractivity contribution in [1.82, 2.24) is 20.0 Å². The van der Waals surface area contributed by atoms with Gasteiger partial charge in [-0.15, -0.1) is 0 Å². The highest BCUT2D eigenvalue weighted by molar-refractivity contribution is 5.94. The lowest BCUT2D eigenvalue weighted by Crippen LogP contribution is -2.72. The lowest BCUT2D eigenvalue weighted by Gasteiger charge is -2.52. The molecule has 0 aromatic heterocycles. The number of hydrogen-bond acceptors (Lipinski definition) is 4. The molecule has 3 aromatic carbocycles. The number of urea groups is 1. The summed E-state index contributed by atoms with van der Waals surface area (Å²) >= 11 is 0. The summed E-state index contributed by atoms with van der Waals surface area (Å²) < 4.78 is 0. The molecule has 9 nitrogen and oxygen atoms in total. The summed E-state index contributed by atoms with van der Waals surface area (Å²) in [5, 5.41) is 4.99.